The minimum absolute atomic E-state index is 0.123. The first-order valence-electron chi connectivity index (χ1n) is 6.04. The fourth-order valence-electron chi connectivity index (χ4n) is 2.88. The summed E-state index contributed by atoms with van der Waals surface area (Å²) >= 11 is 0. The molecule has 2 fully saturated rings. The minimum atomic E-state index is -0.613. The van der Waals surface area contributed by atoms with E-state index in [4.69, 9.17) is 5.11 Å². The lowest BCUT2D eigenvalue weighted by Crippen LogP contribution is -2.46. The van der Waals surface area contributed by atoms with E-state index in [1.807, 2.05) is 0 Å². The quantitative estimate of drug-likeness (QED) is 0.776. The van der Waals surface area contributed by atoms with Crippen LogP contribution in [-0.4, -0.2) is 35.6 Å². The van der Waals surface area contributed by atoms with Gasteiger partial charge in [0.2, 0.25) is 0 Å². The lowest BCUT2D eigenvalue weighted by Gasteiger charge is -2.44. The third-order valence-electron chi connectivity index (χ3n) is 4.02. The van der Waals surface area contributed by atoms with Crippen LogP contribution >= 0.6 is 0 Å². The van der Waals surface area contributed by atoms with Gasteiger partial charge in [-0.3, -0.25) is 4.79 Å². The van der Waals surface area contributed by atoms with E-state index in [0.717, 1.165) is 32.5 Å². The Balaban J connectivity index is 1.84. The molecule has 0 amide bonds. The van der Waals surface area contributed by atoms with Crippen LogP contribution in [-0.2, 0) is 4.79 Å². The van der Waals surface area contributed by atoms with Crippen molar-refractivity contribution in [1.82, 2.24) is 4.90 Å². The van der Waals surface area contributed by atoms with Gasteiger partial charge in [0, 0.05) is 13.1 Å². The maximum absolute atomic E-state index is 10.9. The number of hydrogen-bond donors (Lipinski definition) is 1. The summed E-state index contributed by atoms with van der Waals surface area (Å²) in [7, 11) is 0. The molecule has 0 spiro atoms. The molecule has 1 aliphatic carbocycles. The van der Waals surface area contributed by atoms with Crippen LogP contribution in [0, 0.1) is 11.3 Å². The average Bonchev–Trinajstić information content (AvgIpc) is 2.16. The fourth-order valence-corrected chi connectivity index (χ4v) is 2.88. The van der Waals surface area contributed by atoms with Crippen LogP contribution in [0.5, 0.6) is 0 Å². The van der Waals surface area contributed by atoms with E-state index < -0.39 is 5.97 Å². The number of rotatable bonds is 3. The van der Waals surface area contributed by atoms with E-state index in [-0.39, 0.29) is 5.92 Å². The van der Waals surface area contributed by atoms with Gasteiger partial charge in [-0.25, -0.2) is 0 Å². The number of piperidine rings is 1. The highest BCUT2D eigenvalue weighted by molar-refractivity contribution is 5.70. The monoisotopic (exact) mass is 211 g/mol. The third kappa shape index (κ3) is 2.51. The van der Waals surface area contributed by atoms with Gasteiger partial charge in [0.1, 0.15) is 0 Å². The molecule has 15 heavy (non-hydrogen) atoms. The van der Waals surface area contributed by atoms with E-state index in [1.165, 1.54) is 19.3 Å². The molecule has 1 atom stereocenters. The van der Waals surface area contributed by atoms with Crippen molar-refractivity contribution >= 4 is 5.97 Å². The highest BCUT2D eigenvalue weighted by Gasteiger charge is 2.35. The van der Waals surface area contributed by atoms with Crippen molar-refractivity contribution in [3.05, 3.63) is 0 Å². The van der Waals surface area contributed by atoms with Gasteiger partial charge in [0.15, 0.2) is 0 Å². The number of nitrogens with zero attached hydrogens (tertiary/aromatic N) is 1. The molecule has 1 unspecified atom stereocenters. The molecule has 1 N–H and O–H groups in total. The Hall–Kier alpha value is -0.570. The molecule has 1 heterocycles. The summed E-state index contributed by atoms with van der Waals surface area (Å²) in [4.78, 5) is 13.3. The Labute approximate surface area is 91.5 Å². The van der Waals surface area contributed by atoms with Crippen LogP contribution in [0.15, 0.2) is 0 Å². The van der Waals surface area contributed by atoms with Gasteiger partial charge in [0.05, 0.1) is 5.92 Å². The zero-order valence-corrected chi connectivity index (χ0v) is 9.54. The first-order valence-corrected chi connectivity index (χ1v) is 6.04. The molecule has 1 aliphatic heterocycles. The summed E-state index contributed by atoms with van der Waals surface area (Å²) in [6.07, 6.45) is 5.91. The van der Waals surface area contributed by atoms with E-state index >= 15 is 0 Å². The van der Waals surface area contributed by atoms with Crippen LogP contribution in [0.2, 0.25) is 0 Å². The molecule has 1 saturated heterocycles. The van der Waals surface area contributed by atoms with Crippen LogP contribution in [0.4, 0.5) is 0 Å². The molecule has 2 aliphatic rings. The normalized spacial score (nSPS) is 30.9. The Kier molecular flexibility index (Phi) is 3.01. The van der Waals surface area contributed by atoms with Crippen LogP contribution in [0.25, 0.3) is 0 Å². The van der Waals surface area contributed by atoms with Crippen molar-refractivity contribution in [3.63, 3.8) is 0 Å². The van der Waals surface area contributed by atoms with Crippen molar-refractivity contribution < 1.29 is 9.90 Å². The van der Waals surface area contributed by atoms with Crippen molar-refractivity contribution in [3.8, 4) is 0 Å². The third-order valence-corrected chi connectivity index (χ3v) is 4.02. The number of carboxylic acids is 1. The van der Waals surface area contributed by atoms with Crippen LogP contribution < -0.4 is 0 Å². The lowest BCUT2D eigenvalue weighted by atomic mass is 9.70. The van der Waals surface area contributed by atoms with Gasteiger partial charge in [0.25, 0.3) is 0 Å². The van der Waals surface area contributed by atoms with E-state index in [1.54, 1.807) is 0 Å². The second kappa shape index (κ2) is 4.12. The first-order chi connectivity index (χ1) is 7.09. The Bertz CT molecular complexity index is 248. The molecule has 2 rings (SSSR count). The molecule has 0 bridgehead atoms. The lowest BCUT2D eigenvalue weighted by molar-refractivity contribution is -0.144. The van der Waals surface area contributed by atoms with Crippen molar-refractivity contribution in [2.24, 2.45) is 11.3 Å². The zero-order chi connectivity index (χ0) is 10.9. The number of hydrogen-bond acceptors (Lipinski definition) is 2. The molecule has 86 valence electrons. The first kappa shape index (κ1) is 10.9. The zero-order valence-electron chi connectivity index (χ0n) is 9.54. The largest absolute Gasteiger partial charge is 0.481 e. The topological polar surface area (TPSA) is 40.5 Å². The summed E-state index contributed by atoms with van der Waals surface area (Å²) in [5, 5.41) is 9.00. The van der Waals surface area contributed by atoms with E-state index in [0.29, 0.717) is 5.41 Å². The predicted molar refractivity (Wildman–Crippen MR) is 58.8 cm³/mol. The number of carbonyl (C=O) groups is 1. The minimum Gasteiger partial charge on any atom is -0.481 e. The second-order valence-corrected chi connectivity index (χ2v) is 5.58. The molecule has 3 heteroatoms. The van der Waals surface area contributed by atoms with Crippen LogP contribution in [0.1, 0.15) is 39.0 Å². The van der Waals surface area contributed by atoms with Gasteiger partial charge >= 0.3 is 5.97 Å². The Morgan fingerprint density at radius 3 is 2.73 bits per heavy atom. The molecule has 0 aromatic carbocycles. The van der Waals surface area contributed by atoms with Crippen molar-refractivity contribution in [2.45, 2.75) is 39.0 Å². The highest BCUT2D eigenvalue weighted by Crippen LogP contribution is 2.41. The van der Waals surface area contributed by atoms with Crippen LogP contribution in [0.3, 0.4) is 0 Å². The van der Waals surface area contributed by atoms with Crippen molar-refractivity contribution in [1.29, 1.82) is 0 Å². The smallest absolute Gasteiger partial charge is 0.307 e. The summed E-state index contributed by atoms with van der Waals surface area (Å²) in [6, 6.07) is 0. The summed E-state index contributed by atoms with van der Waals surface area (Å²) in [6.45, 7) is 5.31. The maximum Gasteiger partial charge on any atom is 0.307 e. The Morgan fingerprint density at radius 2 is 2.20 bits per heavy atom. The summed E-state index contributed by atoms with van der Waals surface area (Å²) in [5.41, 5.74) is 0.487. The molecule has 0 aromatic rings. The SMILES string of the molecule is CC1(CN2CCCC(C(=O)O)C2)CCC1. The molecule has 0 radical (unpaired) electrons. The molecule has 0 aromatic heterocycles. The summed E-state index contributed by atoms with van der Waals surface area (Å²) < 4.78 is 0. The van der Waals surface area contributed by atoms with Crippen molar-refractivity contribution in [2.75, 3.05) is 19.6 Å². The number of carboxylic acid groups (broad SMARTS) is 1. The van der Waals surface area contributed by atoms with Gasteiger partial charge < -0.3 is 10.0 Å². The number of likely N-dealkylation sites (tertiary alicyclic amines) is 1. The molecular weight excluding hydrogens is 190 g/mol. The molecule has 1 saturated carbocycles. The fraction of sp³-hybridized carbons (Fsp3) is 0.917. The van der Waals surface area contributed by atoms with E-state index in [2.05, 4.69) is 11.8 Å². The second-order valence-electron chi connectivity index (χ2n) is 5.58. The number of aliphatic carboxylic acids is 1. The highest BCUT2D eigenvalue weighted by atomic mass is 16.4. The predicted octanol–water partition coefficient (Wildman–Crippen LogP) is 1.97. The van der Waals surface area contributed by atoms with Gasteiger partial charge in [-0.15, -0.1) is 0 Å². The van der Waals surface area contributed by atoms with E-state index in [9.17, 15) is 4.79 Å². The molecule has 3 nitrogen and oxygen atoms in total. The molecular formula is C12H21NO2. The maximum atomic E-state index is 10.9. The average molecular weight is 211 g/mol. The van der Waals surface area contributed by atoms with Gasteiger partial charge in [-0.1, -0.05) is 13.3 Å². The standard InChI is InChI=1S/C12H21NO2/c1-12(5-3-6-12)9-13-7-2-4-10(8-13)11(14)15/h10H,2-9H2,1H3,(H,14,15). The van der Waals surface area contributed by atoms with Gasteiger partial charge in [-0.05, 0) is 37.6 Å². The Morgan fingerprint density at radius 1 is 1.47 bits per heavy atom. The van der Waals surface area contributed by atoms with Gasteiger partial charge in [-0.2, -0.15) is 0 Å². The summed E-state index contributed by atoms with van der Waals surface area (Å²) in [5.74, 6) is -0.735.